The van der Waals surface area contributed by atoms with Crippen LogP contribution in [0, 0.1) is 5.92 Å². The van der Waals surface area contributed by atoms with Gasteiger partial charge in [0.25, 0.3) is 0 Å². The fourth-order valence-corrected chi connectivity index (χ4v) is 3.04. The molecule has 4 nitrogen and oxygen atoms in total. The van der Waals surface area contributed by atoms with Crippen LogP contribution in [0.3, 0.4) is 0 Å². The number of halogens is 2. The van der Waals surface area contributed by atoms with E-state index >= 15 is 0 Å². The van der Waals surface area contributed by atoms with Gasteiger partial charge in [-0.3, -0.25) is 19.2 Å². The summed E-state index contributed by atoms with van der Waals surface area (Å²) >= 11 is 10.6. The molecule has 1 aromatic rings. The predicted molar refractivity (Wildman–Crippen MR) is 79.6 cm³/mol. The molecular weight excluding hydrogens is 320 g/mol. The number of carbonyl (C=O) groups excluding carboxylic acids is 2. The Kier molecular flexibility index (Phi) is 4.69. The van der Waals surface area contributed by atoms with Gasteiger partial charge in [0.2, 0.25) is 5.91 Å². The Hall–Kier alpha value is -1.09. The van der Waals surface area contributed by atoms with Crippen molar-refractivity contribution in [3.05, 3.63) is 41.5 Å². The number of allylic oxidation sites excluding steroid dienone is 1. The van der Waals surface area contributed by atoms with E-state index in [0.29, 0.717) is 18.4 Å². The Morgan fingerprint density at radius 2 is 1.95 bits per heavy atom. The first-order chi connectivity index (χ1) is 9.37. The number of hydrogen-bond acceptors (Lipinski definition) is 3. The van der Waals surface area contributed by atoms with Crippen molar-refractivity contribution in [1.29, 1.82) is 0 Å². The topological polar surface area (TPSA) is 63.2 Å². The van der Waals surface area contributed by atoms with Gasteiger partial charge in [-0.25, -0.2) is 0 Å². The standard InChI is InChI=1S/C13H12Cl2NO3P/c14-20(15,19)16-13(18)11-7-6-10(12(11)17)8-9-4-2-1-3-5-9/h1-5,8,11H,6-7H2,(H,16,18,19)/b10-8+. The molecule has 0 radical (unpaired) electrons. The minimum atomic E-state index is -3.71. The van der Waals surface area contributed by atoms with Crippen LogP contribution in [0.2, 0.25) is 0 Å². The van der Waals surface area contributed by atoms with E-state index in [-0.39, 0.29) is 5.78 Å². The predicted octanol–water partition coefficient (Wildman–Crippen LogP) is 3.75. The third kappa shape index (κ3) is 3.95. The van der Waals surface area contributed by atoms with E-state index in [1.54, 1.807) is 6.08 Å². The Balaban J connectivity index is 2.12. The van der Waals surface area contributed by atoms with Crippen molar-refractivity contribution in [2.45, 2.75) is 12.8 Å². The first-order valence-corrected chi connectivity index (χ1v) is 9.50. The van der Waals surface area contributed by atoms with Crippen LogP contribution in [0.4, 0.5) is 0 Å². The molecule has 1 atom stereocenters. The average molecular weight is 332 g/mol. The normalized spacial score (nSPS) is 21.2. The van der Waals surface area contributed by atoms with Crippen LogP contribution in [0.25, 0.3) is 6.08 Å². The van der Waals surface area contributed by atoms with Gasteiger partial charge in [0.15, 0.2) is 5.78 Å². The Morgan fingerprint density at radius 3 is 2.55 bits per heavy atom. The summed E-state index contributed by atoms with van der Waals surface area (Å²) in [5, 5.41) is 1.98. The summed E-state index contributed by atoms with van der Waals surface area (Å²) < 4.78 is 11.1. The number of rotatable bonds is 3. The van der Waals surface area contributed by atoms with E-state index in [1.807, 2.05) is 35.4 Å². The SMILES string of the molecule is O=C(NP(=O)(Cl)Cl)C1CC/C(=C\c2ccccc2)C1=O. The van der Waals surface area contributed by atoms with Gasteiger partial charge < -0.3 is 0 Å². The molecule has 1 unspecified atom stereocenters. The number of benzene rings is 1. The molecule has 1 aliphatic rings. The molecule has 0 saturated heterocycles. The van der Waals surface area contributed by atoms with Gasteiger partial charge in [0.1, 0.15) is 5.92 Å². The highest BCUT2D eigenvalue weighted by Gasteiger charge is 2.36. The van der Waals surface area contributed by atoms with Crippen molar-refractivity contribution in [3.8, 4) is 0 Å². The van der Waals surface area contributed by atoms with E-state index in [4.69, 9.17) is 22.5 Å². The molecule has 20 heavy (non-hydrogen) atoms. The van der Waals surface area contributed by atoms with Gasteiger partial charge in [0, 0.05) is 0 Å². The van der Waals surface area contributed by atoms with Crippen LogP contribution in [0.1, 0.15) is 18.4 Å². The maximum Gasteiger partial charge on any atom is 0.345 e. The van der Waals surface area contributed by atoms with Crippen LogP contribution in [0.15, 0.2) is 35.9 Å². The fourth-order valence-electron chi connectivity index (χ4n) is 2.13. The van der Waals surface area contributed by atoms with Crippen molar-refractivity contribution in [3.63, 3.8) is 0 Å². The van der Waals surface area contributed by atoms with Gasteiger partial charge in [-0.15, -0.1) is 0 Å². The lowest BCUT2D eigenvalue weighted by Crippen LogP contribution is -2.29. The lowest BCUT2D eigenvalue weighted by atomic mass is 10.0. The second-order valence-corrected chi connectivity index (χ2v) is 9.00. The minimum Gasteiger partial charge on any atom is -0.294 e. The first-order valence-electron chi connectivity index (χ1n) is 5.98. The molecule has 7 heteroatoms. The Labute approximate surface area is 126 Å². The molecule has 1 N–H and O–H groups in total. The third-order valence-corrected chi connectivity index (χ3v) is 4.02. The number of amides is 1. The average Bonchev–Trinajstić information content (AvgIpc) is 2.70. The smallest absolute Gasteiger partial charge is 0.294 e. The van der Waals surface area contributed by atoms with Crippen LogP contribution in [0.5, 0.6) is 0 Å². The molecule has 0 spiro atoms. The molecule has 106 valence electrons. The highest BCUT2D eigenvalue weighted by atomic mass is 35.9. The maximum absolute atomic E-state index is 12.1. The molecule has 0 heterocycles. The summed E-state index contributed by atoms with van der Waals surface area (Å²) in [4.78, 5) is 23.9. The number of carbonyl (C=O) groups is 2. The molecule has 1 aromatic carbocycles. The zero-order chi connectivity index (χ0) is 14.8. The minimum absolute atomic E-state index is 0.270. The summed E-state index contributed by atoms with van der Waals surface area (Å²) in [6, 6.07) is 9.37. The highest BCUT2D eigenvalue weighted by Crippen LogP contribution is 2.52. The molecule has 1 fully saturated rings. The Morgan fingerprint density at radius 1 is 1.30 bits per heavy atom. The van der Waals surface area contributed by atoms with Crippen LogP contribution < -0.4 is 5.09 Å². The Bertz CT molecular complexity index is 609. The molecule has 2 rings (SSSR count). The zero-order valence-corrected chi connectivity index (χ0v) is 12.8. The number of Topliss-reactive ketones (excluding diaryl/α,β-unsaturated/α-hetero) is 1. The van der Waals surface area contributed by atoms with Gasteiger partial charge in [0.05, 0.1) is 0 Å². The van der Waals surface area contributed by atoms with Crippen LogP contribution in [-0.2, 0) is 14.2 Å². The number of hydrogen-bond donors (Lipinski definition) is 1. The highest BCUT2D eigenvalue weighted by molar-refractivity contribution is 8.07. The lowest BCUT2D eigenvalue weighted by Gasteiger charge is -2.09. The summed E-state index contributed by atoms with van der Waals surface area (Å²) in [7, 11) is 0. The summed E-state index contributed by atoms with van der Waals surface area (Å²) in [6.07, 6.45) is 2.63. The van der Waals surface area contributed by atoms with Crippen LogP contribution in [-0.4, -0.2) is 11.7 Å². The van der Waals surface area contributed by atoms with Crippen molar-refractivity contribution < 1.29 is 14.2 Å². The summed E-state index contributed by atoms with van der Waals surface area (Å²) in [5.41, 5.74) is 1.48. The number of nitrogens with one attached hydrogen (secondary N) is 1. The van der Waals surface area contributed by atoms with Crippen LogP contribution >= 0.6 is 28.5 Å². The largest absolute Gasteiger partial charge is 0.345 e. The van der Waals surface area contributed by atoms with Gasteiger partial charge in [-0.2, -0.15) is 0 Å². The van der Waals surface area contributed by atoms with Gasteiger partial charge in [-0.1, -0.05) is 30.3 Å². The lowest BCUT2D eigenvalue weighted by molar-refractivity contribution is -0.129. The van der Waals surface area contributed by atoms with E-state index in [9.17, 15) is 14.2 Å². The second kappa shape index (κ2) is 6.13. The van der Waals surface area contributed by atoms with E-state index in [2.05, 4.69) is 0 Å². The molecule has 0 aromatic heterocycles. The first kappa shape index (κ1) is 15.3. The van der Waals surface area contributed by atoms with Gasteiger partial charge in [-0.05, 0) is 52.5 Å². The molecular formula is C13H12Cl2NO3P. The van der Waals surface area contributed by atoms with Gasteiger partial charge >= 0.3 is 6.00 Å². The van der Waals surface area contributed by atoms with E-state index < -0.39 is 17.8 Å². The summed E-state index contributed by atoms with van der Waals surface area (Å²) in [6.45, 7) is 0. The molecule has 0 bridgehead atoms. The van der Waals surface area contributed by atoms with Crippen molar-refractivity contribution >= 4 is 46.2 Å². The molecule has 0 aliphatic heterocycles. The molecule has 1 aliphatic carbocycles. The quantitative estimate of drug-likeness (QED) is 0.521. The number of ketones is 1. The maximum atomic E-state index is 12.1. The second-order valence-electron chi connectivity index (χ2n) is 4.47. The third-order valence-electron chi connectivity index (χ3n) is 3.03. The van der Waals surface area contributed by atoms with Crippen molar-refractivity contribution in [2.75, 3.05) is 0 Å². The monoisotopic (exact) mass is 331 g/mol. The van der Waals surface area contributed by atoms with E-state index in [0.717, 1.165) is 5.56 Å². The molecule has 1 saturated carbocycles. The van der Waals surface area contributed by atoms with E-state index in [1.165, 1.54) is 0 Å². The zero-order valence-electron chi connectivity index (χ0n) is 10.4. The van der Waals surface area contributed by atoms with Crippen molar-refractivity contribution in [2.24, 2.45) is 5.92 Å². The fraction of sp³-hybridized carbons (Fsp3) is 0.231. The molecule has 1 amide bonds. The van der Waals surface area contributed by atoms with Crippen molar-refractivity contribution in [1.82, 2.24) is 5.09 Å². The summed E-state index contributed by atoms with van der Waals surface area (Å²) in [5.74, 6) is -5.53.